The van der Waals surface area contributed by atoms with Crippen molar-refractivity contribution in [1.82, 2.24) is 0 Å². The van der Waals surface area contributed by atoms with E-state index in [4.69, 9.17) is 4.18 Å². The Morgan fingerprint density at radius 1 is 0.720 bits per heavy atom. The minimum Gasteiger partial charge on any atom is -0.367 e. The third-order valence-corrected chi connectivity index (χ3v) is 4.31. The van der Waals surface area contributed by atoms with Gasteiger partial charge in [0.1, 0.15) is 5.75 Å². The Bertz CT molecular complexity index is 923. The van der Waals surface area contributed by atoms with Crippen molar-refractivity contribution in [2.45, 2.75) is 6.92 Å². The van der Waals surface area contributed by atoms with Crippen LogP contribution >= 0.6 is 0 Å². The molecular weight excluding hydrogens is 336 g/mol. The normalized spacial score (nSPS) is 10.9. The van der Waals surface area contributed by atoms with Crippen molar-refractivity contribution >= 4 is 27.4 Å². The zero-order valence-corrected chi connectivity index (χ0v) is 14.5. The number of hydrogen-bond donors (Lipinski definition) is 2. The molecule has 3 aromatic carbocycles. The lowest BCUT2D eigenvalue weighted by atomic mass is 10.2. The van der Waals surface area contributed by atoms with E-state index in [9.17, 15) is 8.42 Å². The summed E-state index contributed by atoms with van der Waals surface area (Å²) in [5.41, 5.74) is 3.42. The average molecular weight is 354 g/mol. The smallest absolute Gasteiger partial charge is 0.367 e. The summed E-state index contributed by atoms with van der Waals surface area (Å²) in [6, 6.07) is 23.3. The fourth-order valence-corrected chi connectivity index (χ4v) is 3.03. The molecule has 0 saturated carbocycles. The molecule has 3 rings (SSSR count). The van der Waals surface area contributed by atoms with E-state index in [-0.39, 0.29) is 5.75 Å². The van der Waals surface area contributed by atoms with Gasteiger partial charge in [0, 0.05) is 11.4 Å². The van der Waals surface area contributed by atoms with Crippen LogP contribution in [0.4, 0.5) is 17.1 Å². The van der Waals surface area contributed by atoms with Gasteiger partial charge < -0.3 is 9.50 Å². The standard InChI is InChI=1S/C19H18N2O3S/c1-15-7-9-16(10-8-15)20-17-11-13-19(14-12-17)24-25(22,23)21-18-5-3-2-4-6-18/h2-14,20-21H,1H3. The Morgan fingerprint density at radius 2 is 1.28 bits per heavy atom. The van der Waals surface area contributed by atoms with Crippen LogP contribution in [0, 0.1) is 6.92 Å². The fourth-order valence-electron chi connectivity index (χ4n) is 2.20. The van der Waals surface area contributed by atoms with E-state index in [1.807, 2.05) is 31.2 Å². The quantitative estimate of drug-likeness (QED) is 0.685. The van der Waals surface area contributed by atoms with Gasteiger partial charge in [-0.15, -0.1) is 0 Å². The third kappa shape index (κ3) is 4.99. The second-order valence-corrected chi connectivity index (χ2v) is 6.80. The molecule has 0 atom stereocenters. The molecule has 0 radical (unpaired) electrons. The lowest BCUT2D eigenvalue weighted by Crippen LogP contribution is -2.19. The zero-order chi connectivity index (χ0) is 17.7. The topological polar surface area (TPSA) is 67.4 Å². The molecule has 0 fully saturated rings. The summed E-state index contributed by atoms with van der Waals surface area (Å²) in [5, 5.41) is 3.24. The van der Waals surface area contributed by atoms with E-state index >= 15 is 0 Å². The molecule has 0 unspecified atom stereocenters. The number of hydrogen-bond acceptors (Lipinski definition) is 4. The Labute approximate surface area is 147 Å². The highest BCUT2D eigenvalue weighted by Gasteiger charge is 2.12. The molecule has 0 spiro atoms. The molecule has 0 aliphatic rings. The number of rotatable bonds is 6. The molecule has 2 N–H and O–H groups in total. The predicted molar refractivity (Wildman–Crippen MR) is 101 cm³/mol. The molecule has 0 aliphatic heterocycles. The van der Waals surface area contributed by atoms with E-state index in [0.717, 1.165) is 11.4 Å². The SMILES string of the molecule is Cc1ccc(Nc2ccc(OS(=O)(=O)Nc3ccccc3)cc2)cc1. The first-order chi connectivity index (χ1) is 12.0. The van der Waals surface area contributed by atoms with Crippen LogP contribution in [0.5, 0.6) is 5.75 Å². The van der Waals surface area contributed by atoms with Crippen molar-refractivity contribution in [2.75, 3.05) is 10.0 Å². The predicted octanol–water partition coefficient (Wildman–Crippen LogP) is 4.47. The first-order valence-electron chi connectivity index (χ1n) is 7.71. The van der Waals surface area contributed by atoms with Gasteiger partial charge in [0.25, 0.3) is 0 Å². The van der Waals surface area contributed by atoms with Crippen molar-refractivity contribution in [3.8, 4) is 5.75 Å². The van der Waals surface area contributed by atoms with E-state index in [1.54, 1.807) is 54.6 Å². The van der Waals surface area contributed by atoms with E-state index in [1.165, 1.54) is 5.56 Å². The molecule has 128 valence electrons. The average Bonchev–Trinajstić information content (AvgIpc) is 2.59. The van der Waals surface area contributed by atoms with Crippen LogP contribution in [-0.4, -0.2) is 8.42 Å². The summed E-state index contributed by atoms with van der Waals surface area (Å²) in [6.45, 7) is 2.03. The summed E-state index contributed by atoms with van der Waals surface area (Å²) < 4.78 is 31.5. The van der Waals surface area contributed by atoms with Crippen LogP contribution in [0.2, 0.25) is 0 Å². The van der Waals surface area contributed by atoms with E-state index < -0.39 is 10.3 Å². The Morgan fingerprint density at radius 3 is 1.88 bits per heavy atom. The molecule has 0 saturated heterocycles. The van der Waals surface area contributed by atoms with Crippen LogP contribution in [-0.2, 0) is 10.3 Å². The largest absolute Gasteiger partial charge is 0.407 e. The number of para-hydroxylation sites is 1. The first-order valence-corrected chi connectivity index (χ1v) is 9.12. The van der Waals surface area contributed by atoms with E-state index in [0.29, 0.717) is 5.69 Å². The Hall–Kier alpha value is -2.99. The van der Waals surface area contributed by atoms with Crippen molar-refractivity contribution in [3.63, 3.8) is 0 Å². The number of nitrogens with one attached hydrogen (secondary N) is 2. The zero-order valence-electron chi connectivity index (χ0n) is 13.6. The van der Waals surface area contributed by atoms with Crippen LogP contribution in [0.15, 0.2) is 78.9 Å². The third-order valence-electron chi connectivity index (χ3n) is 3.42. The number of benzene rings is 3. The summed E-state index contributed by atoms with van der Waals surface area (Å²) in [5.74, 6) is 0.234. The Kier molecular flexibility index (Phi) is 4.90. The van der Waals surface area contributed by atoms with Crippen LogP contribution in [0.3, 0.4) is 0 Å². The monoisotopic (exact) mass is 354 g/mol. The van der Waals surface area contributed by atoms with Gasteiger partial charge in [0.2, 0.25) is 0 Å². The maximum Gasteiger partial charge on any atom is 0.407 e. The minimum atomic E-state index is -3.93. The Balaban J connectivity index is 1.64. The lowest BCUT2D eigenvalue weighted by Gasteiger charge is -2.10. The van der Waals surface area contributed by atoms with Gasteiger partial charge >= 0.3 is 10.3 Å². The lowest BCUT2D eigenvalue weighted by molar-refractivity contribution is 0.492. The van der Waals surface area contributed by atoms with Gasteiger partial charge in [-0.2, -0.15) is 8.42 Å². The first kappa shape index (κ1) is 16.9. The molecular formula is C19H18N2O3S. The highest BCUT2D eigenvalue weighted by Crippen LogP contribution is 2.21. The number of anilines is 3. The van der Waals surface area contributed by atoms with Crippen LogP contribution in [0.1, 0.15) is 5.56 Å². The summed E-state index contributed by atoms with van der Waals surface area (Å²) in [4.78, 5) is 0. The molecule has 0 heterocycles. The summed E-state index contributed by atoms with van der Waals surface area (Å²) >= 11 is 0. The van der Waals surface area contributed by atoms with Crippen molar-refractivity contribution in [3.05, 3.63) is 84.4 Å². The maximum atomic E-state index is 12.0. The molecule has 5 nitrogen and oxygen atoms in total. The van der Waals surface area contributed by atoms with Gasteiger partial charge in [-0.05, 0) is 55.5 Å². The molecule has 25 heavy (non-hydrogen) atoms. The molecule has 3 aromatic rings. The molecule has 0 aliphatic carbocycles. The van der Waals surface area contributed by atoms with Crippen molar-refractivity contribution in [1.29, 1.82) is 0 Å². The molecule has 6 heteroatoms. The number of aryl methyl sites for hydroxylation is 1. The van der Waals surface area contributed by atoms with Crippen molar-refractivity contribution < 1.29 is 12.6 Å². The second-order valence-electron chi connectivity index (χ2n) is 5.52. The summed E-state index contributed by atoms with van der Waals surface area (Å²) in [6.07, 6.45) is 0. The molecule has 0 aromatic heterocycles. The highest BCUT2D eigenvalue weighted by atomic mass is 32.2. The van der Waals surface area contributed by atoms with Crippen molar-refractivity contribution in [2.24, 2.45) is 0 Å². The summed E-state index contributed by atoms with van der Waals surface area (Å²) in [7, 11) is -3.93. The minimum absolute atomic E-state index is 0.234. The van der Waals surface area contributed by atoms with E-state index in [2.05, 4.69) is 10.0 Å². The maximum absolute atomic E-state index is 12.0. The molecule has 0 amide bonds. The fraction of sp³-hybridized carbons (Fsp3) is 0.0526. The van der Waals surface area contributed by atoms with Gasteiger partial charge in [-0.1, -0.05) is 35.9 Å². The van der Waals surface area contributed by atoms with Gasteiger partial charge in [0.15, 0.2) is 0 Å². The molecule has 0 bridgehead atoms. The highest BCUT2D eigenvalue weighted by molar-refractivity contribution is 7.88. The van der Waals surface area contributed by atoms with Crippen LogP contribution in [0.25, 0.3) is 0 Å². The van der Waals surface area contributed by atoms with Gasteiger partial charge in [-0.3, -0.25) is 4.72 Å². The van der Waals surface area contributed by atoms with Crippen LogP contribution < -0.4 is 14.2 Å². The van der Waals surface area contributed by atoms with Gasteiger partial charge in [-0.25, -0.2) is 0 Å². The van der Waals surface area contributed by atoms with Gasteiger partial charge in [0.05, 0.1) is 5.69 Å². The second kappa shape index (κ2) is 7.27.